The number of aliphatic hydroxyl groups excluding tert-OH is 6. The molecule has 0 aliphatic carbocycles. The first kappa shape index (κ1) is 59.9. The quantitative estimate of drug-likeness (QED) is 0.0269. The lowest BCUT2D eigenvalue weighted by molar-refractivity contribution is -0.304. The van der Waals surface area contributed by atoms with E-state index in [9.17, 15) is 35.4 Å². The third kappa shape index (κ3) is 26.4. The van der Waals surface area contributed by atoms with Gasteiger partial charge in [-0.25, -0.2) is 4.79 Å². The van der Waals surface area contributed by atoms with Crippen LogP contribution in [0, 0.1) is 0 Å². The average molecular weight is 943 g/mol. The molecule has 0 spiro atoms. The third-order valence-electron chi connectivity index (χ3n) is 14.1. The summed E-state index contributed by atoms with van der Waals surface area (Å²) >= 11 is 0. The predicted molar refractivity (Wildman–Crippen MR) is 266 cm³/mol. The molecule has 384 valence electrons. The number of aliphatic hydroxyl groups is 6. The highest BCUT2D eigenvalue weighted by molar-refractivity contribution is 6.77. The first-order valence-corrected chi connectivity index (χ1v) is 30.7. The molecule has 0 bridgehead atoms. The number of unbranched alkanes of at least 4 members (excludes halogenated alkanes) is 29. The molecule has 2 rings (SSSR count). The zero-order valence-electron chi connectivity index (χ0n) is 42.2. The second-order valence-corrected chi connectivity index (χ2v) is 26.0. The van der Waals surface area contributed by atoms with Gasteiger partial charge in [-0.15, -0.1) is 0 Å². The molecule has 0 amide bonds. The number of hydrogen-bond donors (Lipinski definition) is 6. The lowest BCUT2D eigenvalue weighted by Crippen LogP contribution is -2.59. The summed E-state index contributed by atoms with van der Waals surface area (Å²) in [5.74, 6) is 0. The van der Waals surface area contributed by atoms with Crippen LogP contribution in [0.1, 0.15) is 232 Å². The highest BCUT2D eigenvalue weighted by atomic mass is 28.3. The number of rotatable bonds is 44. The molecule has 0 saturated carbocycles. The molecule has 65 heavy (non-hydrogen) atoms. The first-order valence-electron chi connectivity index (χ1n) is 27.3. The van der Waals surface area contributed by atoms with Gasteiger partial charge < -0.3 is 40.1 Å². The van der Waals surface area contributed by atoms with E-state index < -0.39 is 75.9 Å². The van der Waals surface area contributed by atoms with Gasteiger partial charge in [0.15, 0.2) is 6.29 Å². The Labute approximate surface area is 396 Å². The SMILES string of the molecule is CCCCCCCCCCCCCCCCC[Si](C)(C)CCCCCCCn1nnn([C@@H](COC2OC(CO)C(O)C(O)C2O)[C@H](O)[C@H](O)CCCCCCCCCCCCCC)c1=O. The topological polar surface area (TPSA) is 193 Å². The van der Waals surface area contributed by atoms with Gasteiger partial charge in [0.1, 0.15) is 36.6 Å². The Kier molecular flexibility index (Phi) is 34.7. The lowest BCUT2D eigenvalue weighted by atomic mass is 9.98. The summed E-state index contributed by atoms with van der Waals surface area (Å²) in [7, 11) is -1.19. The van der Waals surface area contributed by atoms with Crippen LogP contribution in [0.25, 0.3) is 0 Å². The molecule has 2 heterocycles. The fourth-order valence-electron chi connectivity index (χ4n) is 9.46. The molecule has 0 radical (unpaired) electrons. The molecule has 6 N–H and O–H groups in total. The Morgan fingerprint density at radius 1 is 0.585 bits per heavy atom. The van der Waals surface area contributed by atoms with Gasteiger partial charge in [0, 0.05) is 14.6 Å². The number of tetrazole rings is 1. The van der Waals surface area contributed by atoms with Gasteiger partial charge in [-0.3, -0.25) is 0 Å². The average Bonchev–Trinajstić information content (AvgIpc) is 3.66. The minimum atomic E-state index is -1.66. The zero-order valence-corrected chi connectivity index (χ0v) is 43.2. The molecule has 5 unspecified atom stereocenters. The molecule has 1 fully saturated rings. The van der Waals surface area contributed by atoms with E-state index in [0.717, 1.165) is 43.2 Å². The number of hydrogen-bond acceptors (Lipinski definition) is 11. The van der Waals surface area contributed by atoms with E-state index in [1.807, 2.05) is 0 Å². The summed E-state index contributed by atoms with van der Waals surface area (Å²) in [6.07, 6.45) is 30.6. The zero-order chi connectivity index (χ0) is 47.5. The van der Waals surface area contributed by atoms with Crippen LogP contribution >= 0.6 is 0 Å². The number of ether oxygens (including phenoxy) is 2. The number of aryl methyl sites for hydroxylation is 1. The Balaban J connectivity index is 1.74. The van der Waals surface area contributed by atoms with Crippen LogP contribution in [0.3, 0.4) is 0 Å². The Hall–Kier alpha value is -1.23. The van der Waals surface area contributed by atoms with Gasteiger partial charge in [0.2, 0.25) is 0 Å². The molecule has 1 aliphatic heterocycles. The molecular formula is C51H102N4O9Si. The van der Waals surface area contributed by atoms with Gasteiger partial charge in [-0.1, -0.05) is 238 Å². The van der Waals surface area contributed by atoms with Crippen LogP contribution in [0.4, 0.5) is 0 Å². The molecule has 0 aromatic carbocycles. The fourth-order valence-corrected chi connectivity index (χ4v) is 12.1. The van der Waals surface area contributed by atoms with Gasteiger partial charge in [-0.2, -0.15) is 9.36 Å². The van der Waals surface area contributed by atoms with Crippen molar-refractivity contribution in [3.05, 3.63) is 10.5 Å². The maximum atomic E-state index is 13.6. The van der Waals surface area contributed by atoms with Gasteiger partial charge in [0.25, 0.3) is 0 Å². The summed E-state index contributed by atoms with van der Waals surface area (Å²) in [6.45, 7) is 8.94. The minimum Gasteiger partial charge on any atom is -0.394 e. The predicted octanol–water partition coefficient (Wildman–Crippen LogP) is 10.1. The lowest BCUT2D eigenvalue weighted by Gasteiger charge is -2.40. The van der Waals surface area contributed by atoms with Crippen LogP contribution in [-0.2, 0) is 16.0 Å². The highest BCUT2D eigenvalue weighted by Crippen LogP contribution is 2.26. The van der Waals surface area contributed by atoms with Crippen molar-refractivity contribution in [2.45, 2.75) is 306 Å². The van der Waals surface area contributed by atoms with Crippen molar-refractivity contribution in [1.82, 2.24) is 19.8 Å². The summed E-state index contributed by atoms with van der Waals surface area (Å²) in [5.41, 5.74) is -0.546. The van der Waals surface area contributed by atoms with Crippen LogP contribution in [0.5, 0.6) is 0 Å². The van der Waals surface area contributed by atoms with E-state index in [1.165, 1.54) is 177 Å². The van der Waals surface area contributed by atoms with E-state index in [0.29, 0.717) is 19.4 Å². The monoisotopic (exact) mass is 943 g/mol. The standard InChI is InChI=1S/C51H102N4O9Si/c1-5-7-9-11-13-15-17-19-20-21-23-25-27-31-35-39-65(3,4)40-36-32-28-30-34-38-54-51(62)55(53-52-54)43(42-63-50-49(61)48(60)47(59)45(41-56)64-50)46(58)44(57)37-33-29-26-24-22-18-16-14-12-10-8-6-2/h43-50,56-61H,5-42H2,1-4H3/t43-,44+,45?,46-,47?,48?,49?,50?/m0/s1. The van der Waals surface area contributed by atoms with E-state index in [1.54, 1.807) is 0 Å². The molecule has 14 heteroatoms. The maximum Gasteiger partial charge on any atom is 0.364 e. The van der Waals surface area contributed by atoms with E-state index >= 15 is 0 Å². The number of nitrogens with zero attached hydrogens (tertiary/aromatic N) is 4. The fraction of sp³-hybridized carbons (Fsp3) is 0.980. The van der Waals surface area contributed by atoms with Crippen molar-refractivity contribution in [2.24, 2.45) is 0 Å². The van der Waals surface area contributed by atoms with Crippen molar-refractivity contribution in [1.29, 1.82) is 0 Å². The van der Waals surface area contributed by atoms with Crippen molar-refractivity contribution < 1.29 is 40.1 Å². The smallest absolute Gasteiger partial charge is 0.364 e. The number of aromatic nitrogens is 4. The molecule has 1 aromatic rings. The van der Waals surface area contributed by atoms with Gasteiger partial charge in [-0.05, 0) is 23.3 Å². The molecule has 1 aromatic heterocycles. The first-order chi connectivity index (χ1) is 31.5. The van der Waals surface area contributed by atoms with Gasteiger partial charge in [0.05, 0.1) is 19.3 Å². The Bertz CT molecular complexity index is 1300. The minimum absolute atomic E-state index is 0.317. The summed E-state index contributed by atoms with van der Waals surface area (Å²) in [4.78, 5) is 13.6. The summed E-state index contributed by atoms with van der Waals surface area (Å²) in [6, 6.07) is 1.60. The molecule has 13 nitrogen and oxygen atoms in total. The van der Waals surface area contributed by atoms with E-state index in [4.69, 9.17) is 9.47 Å². The van der Waals surface area contributed by atoms with Crippen molar-refractivity contribution in [3.63, 3.8) is 0 Å². The van der Waals surface area contributed by atoms with E-state index in [2.05, 4.69) is 37.4 Å². The molecule has 8 atom stereocenters. The Morgan fingerprint density at radius 3 is 1.45 bits per heavy atom. The van der Waals surface area contributed by atoms with E-state index in [-0.39, 0.29) is 0 Å². The van der Waals surface area contributed by atoms with Crippen molar-refractivity contribution in [2.75, 3.05) is 13.2 Å². The van der Waals surface area contributed by atoms with Gasteiger partial charge >= 0.3 is 5.69 Å². The third-order valence-corrected chi connectivity index (χ3v) is 17.5. The second-order valence-electron chi connectivity index (χ2n) is 20.6. The summed E-state index contributed by atoms with van der Waals surface area (Å²) in [5, 5.41) is 71.5. The van der Waals surface area contributed by atoms with Crippen LogP contribution < -0.4 is 5.69 Å². The highest BCUT2D eigenvalue weighted by Gasteiger charge is 2.45. The second kappa shape index (κ2) is 37.6. The normalized spacial score (nSPS) is 20.7. The Morgan fingerprint density at radius 2 is 1.00 bits per heavy atom. The summed E-state index contributed by atoms with van der Waals surface area (Å²) < 4.78 is 13.6. The van der Waals surface area contributed by atoms with Crippen LogP contribution in [0.15, 0.2) is 4.79 Å². The van der Waals surface area contributed by atoms with Crippen molar-refractivity contribution in [3.8, 4) is 0 Å². The molecular weight excluding hydrogens is 841 g/mol. The van der Waals surface area contributed by atoms with Crippen LogP contribution in [-0.4, -0.2) is 115 Å². The molecule has 1 saturated heterocycles. The van der Waals surface area contributed by atoms with Crippen molar-refractivity contribution >= 4 is 8.07 Å². The van der Waals surface area contributed by atoms with Crippen LogP contribution in [0.2, 0.25) is 25.2 Å². The maximum absolute atomic E-state index is 13.6. The largest absolute Gasteiger partial charge is 0.394 e. The molecule has 1 aliphatic rings.